The summed E-state index contributed by atoms with van der Waals surface area (Å²) in [6.07, 6.45) is 2.00. The predicted octanol–water partition coefficient (Wildman–Crippen LogP) is 3.44. The Morgan fingerprint density at radius 1 is 1.29 bits per heavy atom. The number of benzene rings is 1. The van der Waals surface area contributed by atoms with E-state index < -0.39 is 5.82 Å². The highest BCUT2D eigenvalue weighted by Crippen LogP contribution is 2.13. The summed E-state index contributed by atoms with van der Waals surface area (Å²) in [6.45, 7) is 7.77. The molecule has 3 nitrogen and oxygen atoms in total. The van der Waals surface area contributed by atoms with Crippen molar-refractivity contribution >= 4 is 0 Å². The van der Waals surface area contributed by atoms with Crippen molar-refractivity contribution in [2.75, 3.05) is 0 Å². The Balaban J connectivity index is 2.14. The zero-order chi connectivity index (χ0) is 15.5. The summed E-state index contributed by atoms with van der Waals surface area (Å²) < 4.78 is 15.4. The van der Waals surface area contributed by atoms with E-state index in [0.717, 1.165) is 17.8 Å². The lowest BCUT2D eigenvalue weighted by Gasteiger charge is -2.21. The molecule has 0 spiro atoms. The molecule has 0 amide bonds. The Bertz CT molecular complexity index is 659. The van der Waals surface area contributed by atoms with Crippen LogP contribution >= 0.6 is 0 Å². The van der Waals surface area contributed by atoms with Gasteiger partial charge in [-0.25, -0.2) is 4.39 Å². The predicted molar refractivity (Wildman–Crippen MR) is 81.2 cm³/mol. The molecule has 0 aliphatic carbocycles. The highest BCUT2D eigenvalue weighted by Gasteiger charge is 2.10. The summed E-state index contributed by atoms with van der Waals surface area (Å²) in [7, 11) is 0. The number of nitriles is 1. The van der Waals surface area contributed by atoms with Crippen molar-refractivity contribution in [2.45, 2.75) is 39.4 Å². The first kappa shape index (κ1) is 15.3. The summed E-state index contributed by atoms with van der Waals surface area (Å²) in [6, 6.07) is 10.6. The molecular weight excluding hydrogens is 265 g/mol. The van der Waals surface area contributed by atoms with E-state index in [0.29, 0.717) is 6.54 Å². The van der Waals surface area contributed by atoms with Crippen LogP contribution in [0.4, 0.5) is 4.39 Å². The third kappa shape index (κ3) is 4.17. The van der Waals surface area contributed by atoms with E-state index >= 15 is 0 Å². The number of hydrogen-bond acceptors (Lipinski definition) is 2. The highest BCUT2D eigenvalue weighted by atomic mass is 19.1. The number of aromatic nitrogens is 1. The van der Waals surface area contributed by atoms with Gasteiger partial charge in [-0.2, -0.15) is 5.26 Å². The zero-order valence-corrected chi connectivity index (χ0v) is 12.7. The van der Waals surface area contributed by atoms with E-state index in [-0.39, 0.29) is 11.1 Å². The van der Waals surface area contributed by atoms with E-state index in [4.69, 9.17) is 5.26 Å². The average Bonchev–Trinajstić information content (AvgIpc) is 2.85. The van der Waals surface area contributed by atoms with Gasteiger partial charge in [0.15, 0.2) is 0 Å². The van der Waals surface area contributed by atoms with Gasteiger partial charge in [0, 0.05) is 30.5 Å². The van der Waals surface area contributed by atoms with Crippen LogP contribution in [0.5, 0.6) is 0 Å². The maximum Gasteiger partial charge on any atom is 0.140 e. The molecule has 0 fully saturated rings. The molecule has 0 radical (unpaired) electrons. The molecule has 2 aromatic rings. The van der Waals surface area contributed by atoms with E-state index in [1.165, 1.54) is 6.07 Å². The van der Waals surface area contributed by atoms with Crippen LogP contribution in [0.3, 0.4) is 0 Å². The number of nitrogens with one attached hydrogen (secondary N) is 1. The second-order valence-corrected chi connectivity index (χ2v) is 6.16. The first-order valence-corrected chi connectivity index (χ1v) is 6.96. The Hall–Kier alpha value is -2.12. The van der Waals surface area contributed by atoms with Crippen molar-refractivity contribution in [2.24, 2.45) is 0 Å². The SMILES string of the molecule is CC(C)(C)NCc1cccn1Cc1ccc(F)c(C#N)c1. The first-order chi connectivity index (χ1) is 9.89. The first-order valence-electron chi connectivity index (χ1n) is 6.96. The summed E-state index contributed by atoms with van der Waals surface area (Å²) in [4.78, 5) is 0. The molecule has 4 heteroatoms. The van der Waals surface area contributed by atoms with Crippen molar-refractivity contribution in [1.29, 1.82) is 5.26 Å². The highest BCUT2D eigenvalue weighted by molar-refractivity contribution is 5.34. The average molecular weight is 285 g/mol. The van der Waals surface area contributed by atoms with Crippen LogP contribution in [-0.4, -0.2) is 10.1 Å². The number of nitrogens with zero attached hydrogens (tertiary/aromatic N) is 2. The van der Waals surface area contributed by atoms with Gasteiger partial charge in [0.25, 0.3) is 0 Å². The number of hydrogen-bond donors (Lipinski definition) is 1. The van der Waals surface area contributed by atoms with E-state index in [9.17, 15) is 4.39 Å². The minimum atomic E-state index is -0.469. The molecule has 1 aromatic carbocycles. The Morgan fingerprint density at radius 2 is 2.05 bits per heavy atom. The molecule has 0 bridgehead atoms. The maximum absolute atomic E-state index is 13.3. The van der Waals surface area contributed by atoms with Crippen LogP contribution in [-0.2, 0) is 13.1 Å². The fourth-order valence-electron chi connectivity index (χ4n) is 2.07. The molecule has 0 aliphatic heterocycles. The molecular formula is C17H20FN3. The standard InChI is InChI=1S/C17H20FN3/c1-17(2,3)20-11-15-5-4-8-21(15)12-13-6-7-16(18)14(9-13)10-19/h4-9,20H,11-12H2,1-3H3. The van der Waals surface area contributed by atoms with Gasteiger partial charge >= 0.3 is 0 Å². The largest absolute Gasteiger partial charge is 0.346 e. The summed E-state index contributed by atoms with van der Waals surface area (Å²) in [5.74, 6) is -0.469. The van der Waals surface area contributed by atoms with Crippen molar-refractivity contribution in [3.63, 3.8) is 0 Å². The Morgan fingerprint density at radius 3 is 2.71 bits per heavy atom. The third-order valence-electron chi connectivity index (χ3n) is 3.23. The maximum atomic E-state index is 13.3. The van der Waals surface area contributed by atoms with Gasteiger partial charge in [-0.15, -0.1) is 0 Å². The minimum Gasteiger partial charge on any atom is -0.346 e. The summed E-state index contributed by atoms with van der Waals surface area (Å²) >= 11 is 0. The van der Waals surface area contributed by atoms with Crippen LogP contribution in [0.2, 0.25) is 0 Å². The molecule has 0 saturated carbocycles. The molecule has 110 valence electrons. The Labute approximate surface area is 125 Å². The molecule has 2 rings (SSSR count). The molecule has 0 atom stereocenters. The fourth-order valence-corrected chi connectivity index (χ4v) is 2.07. The second-order valence-electron chi connectivity index (χ2n) is 6.16. The smallest absolute Gasteiger partial charge is 0.140 e. The van der Waals surface area contributed by atoms with Gasteiger partial charge in [-0.3, -0.25) is 0 Å². The number of rotatable bonds is 4. The minimum absolute atomic E-state index is 0.0545. The van der Waals surface area contributed by atoms with Crippen molar-refractivity contribution < 1.29 is 4.39 Å². The monoisotopic (exact) mass is 285 g/mol. The second kappa shape index (κ2) is 6.11. The van der Waals surface area contributed by atoms with E-state index in [1.54, 1.807) is 12.1 Å². The van der Waals surface area contributed by atoms with Crippen LogP contribution in [0.25, 0.3) is 0 Å². The quantitative estimate of drug-likeness (QED) is 0.935. The Kier molecular flexibility index (Phi) is 4.44. The van der Waals surface area contributed by atoms with Gasteiger partial charge in [0.05, 0.1) is 5.56 Å². The molecule has 21 heavy (non-hydrogen) atoms. The molecule has 1 aromatic heterocycles. The van der Waals surface area contributed by atoms with Gasteiger partial charge in [0.1, 0.15) is 11.9 Å². The van der Waals surface area contributed by atoms with Gasteiger partial charge < -0.3 is 9.88 Å². The summed E-state index contributed by atoms with van der Waals surface area (Å²) in [5, 5.41) is 12.3. The normalized spacial score (nSPS) is 11.4. The van der Waals surface area contributed by atoms with Crippen LogP contribution in [0.1, 0.15) is 37.6 Å². The third-order valence-corrected chi connectivity index (χ3v) is 3.23. The molecule has 0 saturated heterocycles. The lowest BCUT2D eigenvalue weighted by Crippen LogP contribution is -2.35. The van der Waals surface area contributed by atoms with Gasteiger partial charge in [-0.1, -0.05) is 6.07 Å². The lowest BCUT2D eigenvalue weighted by atomic mass is 10.1. The molecule has 1 N–H and O–H groups in total. The topological polar surface area (TPSA) is 40.8 Å². The fraction of sp³-hybridized carbons (Fsp3) is 0.353. The van der Waals surface area contributed by atoms with Crippen molar-refractivity contribution in [3.8, 4) is 6.07 Å². The van der Waals surface area contributed by atoms with Crippen LogP contribution < -0.4 is 5.32 Å². The molecule has 1 heterocycles. The van der Waals surface area contributed by atoms with Gasteiger partial charge in [-0.05, 0) is 50.6 Å². The molecule has 0 unspecified atom stereocenters. The van der Waals surface area contributed by atoms with Crippen molar-refractivity contribution in [1.82, 2.24) is 9.88 Å². The van der Waals surface area contributed by atoms with Crippen LogP contribution in [0, 0.1) is 17.1 Å². The van der Waals surface area contributed by atoms with Crippen molar-refractivity contribution in [3.05, 3.63) is 59.2 Å². The van der Waals surface area contributed by atoms with E-state index in [2.05, 4.69) is 36.7 Å². The zero-order valence-electron chi connectivity index (χ0n) is 12.7. The van der Waals surface area contributed by atoms with Gasteiger partial charge in [0.2, 0.25) is 0 Å². The molecule has 0 aliphatic rings. The summed E-state index contributed by atoms with van der Waals surface area (Å²) in [5.41, 5.74) is 2.22. The van der Waals surface area contributed by atoms with Crippen LogP contribution in [0.15, 0.2) is 36.5 Å². The number of halogens is 1. The lowest BCUT2D eigenvalue weighted by molar-refractivity contribution is 0.417. The van der Waals surface area contributed by atoms with E-state index in [1.807, 2.05) is 18.3 Å².